The van der Waals surface area contributed by atoms with Gasteiger partial charge in [0.05, 0.1) is 12.3 Å². The zero-order chi connectivity index (χ0) is 17.6. The number of nitriles is 1. The SMILES string of the molecule is COCCn1c(C#N)cc(N)c1N1CCN(Cc2ccccc2)CC1. The van der Waals surface area contributed by atoms with E-state index >= 15 is 0 Å². The van der Waals surface area contributed by atoms with Crippen molar-refractivity contribution >= 4 is 11.5 Å². The third-order valence-electron chi connectivity index (χ3n) is 4.65. The van der Waals surface area contributed by atoms with Crippen LogP contribution in [0.3, 0.4) is 0 Å². The molecule has 25 heavy (non-hydrogen) atoms. The molecule has 132 valence electrons. The molecule has 0 bridgehead atoms. The van der Waals surface area contributed by atoms with Crippen molar-refractivity contribution in [2.45, 2.75) is 13.1 Å². The summed E-state index contributed by atoms with van der Waals surface area (Å²) in [5, 5.41) is 9.37. The molecule has 1 aromatic carbocycles. The Hall–Kier alpha value is -2.49. The monoisotopic (exact) mass is 339 g/mol. The van der Waals surface area contributed by atoms with Crippen molar-refractivity contribution in [1.82, 2.24) is 9.47 Å². The Morgan fingerprint density at radius 1 is 1.16 bits per heavy atom. The molecule has 0 aliphatic carbocycles. The highest BCUT2D eigenvalue weighted by Gasteiger charge is 2.23. The second-order valence-electron chi connectivity index (χ2n) is 6.31. The first-order valence-electron chi connectivity index (χ1n) is 8.62. The zero-order valence-electron chi connectivity index (χ0n) is 14.7. The fourth-order valence-electron chi connectivity index (χ4n) is 3.37. The Morgan fingerprint density at radius 3 is 2.52 bits per heavy atom. The highest BCUT2D eigenvalue weighted by atomic mass is 16.5. The van der Waals surface area contributed by atoms with E-state index in [1.54, 1.807) is 13.2 Å². The third kappa shape index (κ3) is 3.95. The van der Waals surface area contributed by atoms with E-state index in [1.807, 2.05) is 10.6 Å². The van der Waals surface area contributed by atoms with Crippen LogP contribution < -0.4 is 10.6 Å². The van der Waals surface area contributed by atoms with E-state index in [-0.39, 0.29) is 0 Å². The van der Waals surface area contributed by atoms with Crippen LogP contribution in [-0.2, 0) is 17.8 Å². The standard InChI is InChI=1S/C19H25N5O/c1-25-12-11-24-17(14-20)13-18(21)19(24)23-9-7-22(8-10-23)15-16-5-3-2-4-6-16/h2-6,13H,7-12,15,21H2,1H3. The van der Waals surface area contributed by atoms with Crippen LogP contribution in [0.5, 0.6) is 0 Å². The lowest BCUT2D eigenvalue weighted by atomic mass is 10.2. The predicted molar refractivity (Wildman–Crippen MR) is 99.4 cm³/mol. The summed E-state index contributed by atoms with van der Waals surface area (Å²) in [6.07, 6.45) is 0. The van der Waals surface area contributed by atoms with Crippen molar-refractivity contribution in [1.29, 1.82) is 5.26 Å². The minimum absolute atomic E-state index is 0.559. The van der Waals surface area contributed by atoms with Crippen molar-refractivity contribution in [3.05, 3.63) is 47.7 Å². The van der Waals surface area contributed by atoms with Crippen molar-refractivity contribution < 1.29 is 4.74 Å². The van der Waals surface area contributed by atoms with E-state index in [9.17, 15) is 5.26 Å². The Kier molecular flexibility index (Phi) is 5.59. The van der Waals surface area contributed by atoms with Gasteiger partial charge in [0.2, 0.25) is 0 Å². The van der Waals surface area contributed by atoms with Crippen LogP contribution in [0, 0.1) is 11.3 Å². The number of aromatic nitrogens is 1. The van der Waals surface area contributed by atoms with E-state index in [0.29, 0.717) is 24.5 Å². The van der Waals surface area contributed by atoms with Gasteiger partial charge in [0, 0.05) is 46.4 Å². The predicted octanol–water partition coefficient (Wildman–Crippen LogP) is 1.91. The Balaban J connectivity index is 1.68. The fourth-order valence-corrected chi connectivity index (χ4v) is 3.37. The molecule has 0 atom stereocenters. The Labute approximate surface area is 149 Å². The van der Waals surface area contributed by atoms with Crippen molar-refractivity contribution in [2.24, 2.45) is 0 Å². The van der Waals surface area contributed by atoms with E-state index in [1.165, 1.54) is 5.56 Å². The summed E-state index contributed by atoms with van der Waals surface area (Å²) >= 11 is 0. The van der Waals surface area contributed by atoms with E-state index in [4.69, 9.17) is 10.5 Å². The van der Waals surface area contributed by atoms with Crippen LogP contribution in [0.1, 0.15) is 11.3 Å². The number of rotatable bonds is 6. The van der Waals surface area contributed by atoms with Gasteiger partial charge in [0.1, 0.15) is 17.6 Å². The number of methoxy groups -OCH3 is 1. The molecule has 0 amide bonds. The van der Waals surface area contributed by atoms with Crippen LogP contribution in [0.25, 0.3) is 0 Å². The number of piperazine rings is 1. The smallest absolute Gasteiger partial charge is 0.133 e. The van der Waals surface area contributed by atoms with Crippen LogP contribution in [0.15, 0.2) is 36.4 Å². The maximum atomic E-state index is 9.37. The van der Waals surface area contributed by atoms with Gasteiger partial charge < -0.3 is 19.9 Å². The molecule has 6 nitrogen and oxygen atoms in total. The van der Waals surface area contributed by atoms with Gasteiger partial charge in [-0.3, -0.25) is 4.90 Å². The summed E-state index contributed by atoms with van der Waals surface area (Å²) in [5.41, 5.74) is 8.81. The minimum atomic E-state index is 0.559. The van der Waals surface area contributed by atoms with Gasteiger partial charge in [-0.2, -0.15) is 5.26 Å². The minimum Gasteiger partial charge on any atom is -0.396 e. The molecule has 0 spiro atoms. The van der Waals surface area contributed by atoms with Gasteiger partial charge in [-0.05, 0) is 11.6 Å². The van der Waals surface area contributed by atoms with Gasteiger partial charge in [-0.15, -0.1) is 0 Å². The molecule has 6 heteroatoms. The number of hydrogen-bond donors (Lipinski definition) is 1. The highest BCUT2D eigenvalue weighted by Crippen LogP contribution is 2.29. The summed E-state index contributed by atoms with van der Waals surface area (Å²) in [4.78, 5) is 4.74. The first-order valence-corrected chi connectivity index (χ1v) is 8.62. The molecule has 0 saturated carbocycles. The third-order valence-corrected chi connectivity index (χ3v) is 4.65. The topological polar surface area (TPSA) is 70.4 Å². The largest absolute Gasteiger partial charge is 0.396 e. The molecular formula is C19H25N5O. The van der Waals surface area contributed by atoms with Gasteiger partial charge >= 0.3 is 0 Å². The number of nitrogen functional groups attached to an aromatic ring is 1. The summed E-state index contributed by atoms with van der Waals surface area (Å²) in [5.74, 6) is 0.952. The lowest BCUT2D eigenvalue weighted by Crippen LogP contribution is -2.46. The molecule has 1 aliphatic heterocycles. The number of anilines is 2. The van der Waals surface area contributed by atoms with Crippen LogP contribution >= 0.6 is 0 Å². The first kappa shape index (κ1) is 17.3. The Bertz CT molecular complexity index is 726. The number of nitrogens with zero attached hydrogens (tertiary/aromatic N) is 4. The molecule has 2 aromatic rings. The molecule has 1 aromatic heterocycles. The van der Waals surface area contributed by atoms with Gasteiger partial charge in [-0.25, -0.2) is 0 Å². The summed E-state index contributed by atoms with van der Waals surface area (Å²) < 4.78 is 7.16. The quantitative estimate of drug-likeness (QED) is 0.870. The molecule has 0 radical (unpaired) electrons. The van der Waals surface area contributed by atoms with E-state index in [0.717, 1.165) is 38.5 Å². The fraction of sp³-hybridized carbons (Fsp3) is 0.421. The molecule has 0 unspecified atom stereocenters. The van der Waals surface area contributed by atoms with Crippen molar-refractivity contribution in [3.8, 4) is 6.07 Å². The first-order chi connectivity index (χ1) is 12.2. The average Bonchev–Trinajstić information content (AvgIpc) is 2.97. The van der Waals surface area contributed by atoms with Crippen LogP contribution in [0.4, 0.5) is 11.5 Å². The molecule has 2 N–H and O–H groups in total. The van der Waals surface area contributed by atoms with Crippen LogP contribution in [0.2, 0.25) is 0 Å². The zero-order valence-corrected chi connectivity index (χ0v) is 14.7. The molecule has 1 saturated heterocycles. The number of benzene rings is 1. The van der Waals surface area contributed by atoms with Gasteiger partial charge in [-0.1, -0.05) is 30.3 Å². The maximum absolute atomic E-state index is 9.37. The maximum Gasteiger partial charge on any atom is 0.133 e. The van der Waals surface area contributed by atoms with Gasteiger partial charge in [0.25, 0.3) is 0 Å². The van der Waals surface area contributed by atoms with Crippen molar-refractivity contribution in [3.63, 3.8) is 0 Å². The van der Waals surface area contributed by atoms with E-state index in [2.05, 4.69) is 40.1 Å². The molecule has 2 heterocycles. The molecule has 3 rings (SSSR count). The lowest BCUT2D eigenvalue weighted by molar-refractivity contribution is 0.187. The number of hydrogen-bond acceptors (Lipinski definition) is 5. The normalized spacial score (nSPS) is 15.3. The second-order valence-corrected chi connectivity index (χ2v) is 6.31. The molecular weight excluding hydrogens is 314 g/mol. The lowest BCUT2D eigenvalue weighted by Gasteiger charge is -2.36. The van der Waals surface area contributed by atoms with Crippen LogP contribution in [-0.4, -0.2) is 49.4 Å². The highest BCUT2D eigenvalue weighted by molar-refractivity contribution is 5.68. The summed E-state index contributed by atoms with van der Waals surface area (Å²) in [6, 6.07) is 14.5. The van der Waals surface area contributed by atoms with Gasteiger partial charge in [0.15, 0.2) is 0 Å². The number of ether oxygens (including phenoxy) is 1. The summed E-state index contributed by atoms with van der Waals surface area (Å²) in [6.45, 7) is 5.92. The molecule has 1 fully saturated rings. The summed E-state index contributed by atoms with van der Waals surface area (Å²) in [7, 11) is 1.67. The molecule has 1 aliphatic rings. The number of nitrogens with two attached hydrogens (primary N) is 1. The Morgan fingerprint density at radius 2 is 1.88 bits per heavy atom. The second kappa shape index (κ2) is 8.06. The average molecular weight is 339 g/mol. The van der Waals surface area contributed by atoms with E-state index < -0.39 is 0 Å². The van der Waals surface area contributed by atoms with Crippen molar-refractivity contribution in [2.75, 3.05) is 50.5 Å².